The van der Waals surface area contributed by atoms with E-state index in [0.29, 0.717) is 36.1 Å². The third-order valence-electron chi connectivity index (χ3n) is 6.61. The lowest BCUT2D eigenvalue weighted by molar-refractivity contribution is -0.143. The summed E-state index contributed by atoms with van der Waals surface area (Å²) in [6.07, 6.45) is 1.35. The summed E-state index contributed by atoms with van der Waals surface area (Å²) in [5, 5.41) is 18.7. The molecule has 37 heavy (non-hydrogen) atoms. The number of ether oxygens (including phenoxy) is 1. The van der Waals surface area contributed by atoms with Gasteiger partial charge in [-0.2, -0.15) is 0 Å². The van der Waals surface area contributed by atoms with Gasteiger partial charge in [-0.15, -0.1) is 10.2 Å². The van der Waals surface area contributed by atoms with Crippen molar-refractivity contribution in [3.8, 4) is 16.3 Å². The average molecular weight is 527 g/mol. The molecular weight excluding hydrogens is 495 g/mol. The molecule has 196 valence electrons. The van der Waals surface area contributed by atoms with Crippen molar-refractivity contribution >= 4 is 28.3 Å². The van der Waals surface area contributed by atoms with Crippen molar-refractivity contribution in [2.24, 2.45) is 5.92 Å². The lowest BCUT2D eigenvalue weighted by Crippen LogP contribution is -2.38. The van der Waals surface area contributed by atoms with Crippen molar-refractivity contribution in [3.63, 3.8) is 0 Å². The van der Waals surface area contributed by atoms with Crippen LogP contribution in [0.3, 0.4) is 0 Å². The molecule has 2 heterocycles. The fraction of sp³-hybridized carbons (Fsp3) is 0.407. The monoisotopic (exact) mass is 526 g/mol. The minimum absolute atomic E-state index is 0.000506. The molecule has 3 aromatic rings. The predicted molar refractivity (Wildman–Crippen MR) is 141 cm³/mol. The molecule has 1 N–H and O–H groups in total. The highest BCUT2D eigenvalue weighted by Gasteiger charge is 2.25. The van der Waals surface area contributed by atoms with E-state index in [1.807, 2.05) is 32.9 Å². The number of amides is 1. The van der Waals surface area contributed by atoms with Gasteiger partial charge < -0.3 is 9.84 Å². The molecule has 1 amide bonds. The van der Waals surface area contributed by atoms with E-state index in [0.717, 1.165) is 42.1 Å². The molecule has 1 aliphatic rings. The average Bonchev–Trinajstić information content (AvgIpc) is 3.36. The number of anilines is 1. The van der Waals surface area contributed by atoms with Crippen LogP contribution in [-0.2, 0) is 4.79 Å². The molecule has 10 heteroatoms. The van der Waals surface area contributed by atoms with Crippen LogP contribution in [0, 0.1) is 25.6 Å². The lowest BCUT2D eigenvalue weighted by Gasteiger charge is -2.30. The van der Waals surface area contributed by atoms with E-state index >= 15 is 0 Å². The Kier molecular flexibility index (Phi) is 8.50. The molecule has 1 saturated heterocycles. The molecule has 4 rings (SSSR count). The first-order valence-electron chi connectivity index (χ1n) is 12.4. The summed E-state index contributed by atoms with van der Waals surface area (Å²) in [7, 11) is 0. The molecule has 8 nitrogen and oxygen atoms in total. The van der Waals surface area contributed by atoms with Crippen LogP contribution in [0.4, 0.5) is 9.52 Å². The quantitative estimate of drug-likeness (QED) is 0.428. The highest BCUT2D eigenvalue weighted by molar-refractivity contribution is 7.18. The highest BCUT2D eigenvalue weighted by atomic mass is 32.1. The number of hydrogen-bond acceptors (Lipinski definition) is 7. The number of piperidine rings is 1. The number of carbonyl (C=O) groups excluding carboxylic acids is 1. The van der Waals surface area contributed by atoms with Gasteiger partial charge in [-0.25, -0.2) is 4.39 Å². The van der Waals surface area contributed by atoms with Crippen LogP contribution in [0.1, 0.15) is 41.3 Å². The van der Waals surface area contributed by atoms with Crippen LogP contribution in [0.15, 0.2) is 36.4 Å². The van der Waals surface area contributed by atoms with E-state index in [2.05, 4.69) is 15.1 Å². The minimum Gasteiger partial charge on any atom is -0.492 e. The second-order valence-corrected chi connectivity index (χ2v) is 10.1. The van der Waals surface area contributed by atoms with Gasteiger partial charge in [0.05, 0.1) is 11.5 Å². The van der Waals surface area contributed by atoms with Crippen LogP contribution in [0.5, 0.6) is 5.75 Å². The van der Waals surface area contributed by atoms with E-state index in [1.165, 1.54) is 28.4 Å². The first-order valence-corrected chi connectivity index (χ1v) is 13.2. The maximum atomic E-state index is 14.2. The number of hydrogen-bond donors (Lipinski definition) is 1. The van der Waals surface area contributed by atoms with Gasteiger partial charge in [-0.1, -0.05) is 23.5 Å². The van der Waals surface area contributed by atoms with Crippen molar-refractivity contribution in [2.75, 3.05) is 37.7 Å². The topological polar surface area (TPSA) is 95.9 Å². The smallest absolute Gasteiger partial charge is 0.306 e. The van der Waals surface area contributed by atoms with Gasteiger partial charge in [-0.3, -0.25) is 19.4 Å². The first-order chi connectivity index (χ1) is 17.8. The second-order valence-electron chi connectivity index (χ2n) is 9.16. The molecule has 0 atom stereocenters. The zero-order valence-corrected chi connectivity index (χ0v) is 22.1. The molecule has 2 aromatic carbocycles. The lowest BCUT2D eigenvalue weighted by atomic mass is 9.97. The Morgan fingerprint density at radius 1 is 1.16 bits per heavy atom. The number of aliphatic carboxylic acids is 1. The molecule has 0 unspecified atom stereocenters. The zero-order valence-electron chi connectivity index (χ0n) is 21.2. The van der Waals surface area contributed by atoms with E-state index in [1.54, 1.807) is 12.1 Å². The van der Waals surface area contributed by atoms with Gasteiger partial charge in [0.2, 0.25) is 5.13 Å². The Bertz CT molecular complexity index is 1250. The molecule has 0 saturated carbocycles. The number of carboxylic acid groups (broad SMARTS) is 1. The van der Waals surface area contributed by atoms with E-state index in [9.17, 15) is 14.0 Å². The zero-order chi connectivity index (χ0) is 26.5. The fourth-order valence-electron chi connectivity index (χ4n) is 4.57. The van der Waals surface area contributed by atoms with Crippen molar-refractivity contribution in [1.82, 2.24) is 15.1 Å². The van der Waals surface area contributed by atoms with E-state index in [-0.39, 0.29) is 11.5 Å². The van der Waals surface area contributed by atoms with Gasteiger partial charge in [0, 0.05) is 18.7 Å². The SMILES string of the molecule is CCN(C(=O)c1ccccc1F)c1nnc(-c2cc(C)c(OCCN3CCC(C(=O)O)CC3)c(C)c2)s1. The van der Waals surface area contributed by atoms with Crippen molar-refractivity contribution < 1.29 is 23.8 Å². The number of benzene rings is 2. The Balaban J connectivity index is 1.41. The number of aryl methyl sites for hydroxylation is 2. The molecule has 1 aromatic heterocycles. The molecular formula is C27H31FN4O4S. The van der Waals surface area contributed by atoms with Crippen LogP contribution in [0.2, 0.25) is 0 Å². The fourth-order valence-corrected chi connectivity index (χ4v) is 5.46. The van der Waals surface area contributed by atoms with Crippen LogP contribution in [0.25, 0.3) is 10.6 Å². The Hall–Kier alpha value is -3.37. The van der Waals surface area contributed by atoms with Gasteiger partial charge in [0.1, 0.15) is 23.2 Å². The van der Waals surface area contributed by atoms with Gasteiger partial charge in [0.25, 0.3) is 5.91 Å². The molecule has 0 aliphatic carbocycles. The number of carbonyl (C=O) groups is 2. The largest absolute Gasteiger partial charge is 0.492 e. The number of aromatic nitrogens is 2. The van der Waals surface area contributed by atoms with Gasteiger partial charge >= 0.3 is 5.97 Å². The van der Waals surface area contributed by atoms with Crippen LogP contribution >= 0.6 is 11.3 Å². The normalized spacial score (nSPS) is 14.5. The number of likely N-dealkylation sites (tertiary alicyclic amines) is 1. The maximum absolute atomic E-state index is 14.2. The Morgan fingerprint density at radius 3 is 2.46 bits per heavy atom. The van der Waals surface area contributed by atoms with Crippen LogP contribution < -0.4 is 9.64 Å². The van der Waals surface area contributed by atoms with Crippen LogP contribution in [-0.4, -0.2) is 64.9 Å². The molecule has 0 radical (unpaired) electrons. The van der Waals surface area contributed by atoms with Gasteiger partial charge in [-0.05, 0) is 82.1 Å². The molecule has 1 aliphatic heterocycles. The predicted octanol–water partition coefficient (Wildman–Crippen LogP) is 4.80. The van der Waals surface area contributed by atoms with Gasteiger partial charge in [0.15, 0.2) is 0 Å². The maximum Gasteiger partial charge on any atom is 0.306 e. The third-order valence-corrected chi connectivity index (χ3v) is 7.60. The summed E-state index contributed by atoms with van der Waals surface area (Å²) >= 11 is 1.28. The number of rotatable bonds is 9. The molecule has 0 bridgehead atoms. The Morgan fingerprint density at radius 2 is 1.84 bits per heavy atom. The summed E-state index contributed by atoms with van der Waals surface area (Å²) in [5.74, 6) is -1.14. The first kappa shape index (κ1) is 26.7. The summed E-state index contributed by atoms with van der Waals surface area (Å²) < 4.78 is 20.3. The molecule has 0 spiro atoms. The summed E-state index contributed by atoms with van der Waals surface area (Å²) in [6, 6.07) is 9.88. The standard InChI is InChI=1S/C27H31FN4O4S/c1-4-32(25(33)21-7-5-6-8-22(21)28)27-30-29-24(37-27)20-15-17(2)23(18(3)16-20)36-14-13-31-11-9-19(10-12-31)26(34)35/h5-8,15-16,19H,4,9-14H2,1-3H3,(H,34,35). The van der Waals surface area contributed by atoms with Crippen molar-refractivity contribution in [2.45, 2.75) is 33.6 Å². The van der Waals surface area contributed by atoms with Crippen molar-refractivity contribution in [3.05, 3.63) is 58.9 Å². The number of carboxylic acids is 1. The second kappa shape index (κ2) is 11.8. The minimum atomic E-state index is -0.705. The third kappa shape index (κ3) is 6.14. The Labute approximate surface area is 219 Å². The summed E-state index contributed by atoms with van der Waals surface area (Å²) in [5.41, 5.74) is 2.80. The number of nitrogens with zero attached hydrogens (tertiary/aromatic N) is 4. The number of halogens is 1. The summed E-state index contributed by atoms with van der Waals surface area (Å²) in [4.78, 5) is 27.7. The van der Waals surface area contributed by atoms with Crippen molar-refractivity contribution in [1.29, 1.82) is 0 Å². The highest BCUT2D eigenvalue weighted by Crippen LogP contribution is 2.34. The van der Waals surface area contributed by atoms with E-state index < -0.39 is 17.7 Å². The summed E-state index contributed by atoms with van der Waals surface area (Å²) in [6.45, 7) is 8.91. The molecule has 1 fully saturated rings. The van der Waals surface area contributed by atoms with E-state index in [4.69, 9.17) is 9.84 Å².